The maximum absolute atomic E-state index is 12.4. The largest absolute Gasteiger partial charge is 0.497 e. The van der Waals surface area contributed by atoms with Gasteiger partial charge in [0.1, 0.15) is 11.9 Å². The molecule has 0 saturated carbocycles. The third-order valence-electron chi connectivity index (χ3n) is 4.23. The first kappa shape index (κ1) is 15.1. The summed E-state index contributed by atoms with van der Waals surface area (Å²) in [6.07, 6.45) is -0.318. The van der Waals surface area contributed by atoms with E-state index in [0.29, 0.717) is 13.2 Å². The van der Waals surface area contributed by atoms with E-state index >= 15 is 0 Å². The van der Waals surface area contributed by atoms with E-state index in [1.54, 1.807) is 7.11 Å². The van der Waals surface area contributed by atoms with Crippen LogP contribution in [0.5, 0.6) is 5.75 Å². The predicted octanol–water partition coefficient (Wildman–Crippen LogP) is 0.332. The number of piperazine rings is 1. The number of amides is 1. The van der Waals surface area contributed by atoms with Crippen molar-refractivity contribution >= 4 is 11.6 Å². The average molecular weight is 305 g/mol. The van der Waals surface area contributed by atoms with Crippen LogP contribution in [0.1, 0.15) is 0 Å². The van der Waals surface area contributed by atoms with Crippen molar-refractivity contribution in [2.45, 2.75) is 6.10 Å². The van der Waals surface area contributed by atoms with Gasteiger partial charge >= 0.3 is 0 Å². The van der Waals surface area contributed by atoms with Gasteiger partial charge in [0.25, 0.3) is 5.91 Å². The van der Waals surface area contributed by atoms with Crippen LogP contribution in [0, 0.1) is 0 Å². The Morgan fingerprint density at radius 2 is 1.95 bits per heavy atom. The summed E-state index contributed by atoms with van der Waals surface area (Å²) < 4.78 is 10.7. The molecule has 1 unspecified atom stereocenters. The highest BCUT2D eigenvalue weighted by Crippen LogP contribution is 2.20. The fourth-order valence-corrected chi connectivity index (χ4v) is 2.91. The fraction of sp³-hybridized carbons (Fsp3) is 0.562. The fourth-order valence-electron chi connectivity index (χ4n) is 2.91. The van der Waals surface area contributed by atoms with Gasteiger partial charge in [-0.3, -0.25) is 4.79 Å². The van der Waals surface area contributed by atoms with E-state index in [-0.39, 0.29) is 12.0 Å². The summed E-state index contributed by atoms with van der Waals surface area (Å²) in [5.74, 6) is 0.973. The zero-order valence-corrected chi connectivity index (χ0v) is 13.0. The standard InChI is InChI=1S/C16H23N3O3/c1-21-14-4-2-13(3-5-14)18-7-9-19(10-8-18)16(20)15-12-17-6-11-22-15/h2-5,15,17H,6-12H2,1H3. The number of morpholine rings is 1. The molecular weight excluding hydrogens is 282 g/mol. The van der Waals surface area contributed by atoms with Gasteiger partial charge in [-0.05, 0) is 24.3 Å². The number of rotatable bonds is 3. The van der Waals surface area contributed by atoms with E-state index < -0.39 is 0 Å². The van der Waals surface area contributed by atoms with Crippen LogP contribution in [0.25, 0.3) is 0 Å². The molecule has 0 bridgehead atoms. The molecule has 0 aromatic heterocycles. The van der Waals surface area contributed by atoms with Crippen LogP contribution in [0.2, 0.25) is 0 Å². The average Bonchev–Trinajstić information content (AvgIpc) is 2.62. The van der Waals surface area contributed by atoms with Crippen LogP contribution in [0.4, 0.5) is 5.69 Å². The van der Waals surface area contributed by atoms with Gasteiger partial charge in [0.2, 0.25) is 0 Å². The van der Waals surface area contributed by atoms with Crippen molar-refractivity contribution in [1.82, 2.24) is 10.2 Å². The number of nitrogens with zero attached hydrogens (tertiary/aromatic N) is 2. The Kier molecular flexibility index (Phi) is 4.80. The van der Waals surface area contributed by atoms with E-state index in [9.17, 15) is 4.79 Å². The van der Waals surface area contributed by atoms with Crippen molar-refractivity contribution in [1.29, 1.82) is 0 Å². The molecule has 3 rings (SSSR count). The summed E-state index contributed by atoms with van der Waals surface area (Å²) in [4.78, 5) is 16.6. The molecule has 2 aliphatic rings. The van der Waals surface area contributed by atoms with Crippen LogP contribution in [0.15, 0.2) is 24.3 Å². The molecule has 0 spiro atoms. The van der Waals surface area contributed by atoms with Gasteiger partial charge in [-0.1, -0.05) is 0 Å². The lowest BCUT2D eigenvalue weighted by Crippen LogP contribution is -2.55. The third-order valence-corrected chi connectivity index (χ3v) is 4.23. The van der Waals surface area contributed by atoms with E-state index in [2.05, 4.69) is 22.3 Å². The number of ether oxygens (including phenoxy) is 2. The molecule has 22 heavy (non-hydrogen) atoms. The van der Waals surface area contributed by atoms with Crippen LogP contribution in [0.3, 0.4) is 0 Å². The summed E-state index contributed by atoms with van der Waals surface area (Å²) in [7, 11) is 1.67. The van der Waals surface area contributed by atoms with Gasteiger partial charge < -0.3 is 24.6 Å². The van der Waals surface area contributed by atoms with E-state index in [1.165, 1.54) is 5.69 Å². The molecule has 2 aliphatic heterocycles. The monoisotopic (exact) mass is 305 g/mol. The van der Waals surface area contributed by atoms with E-state index in [0.717, 1.165) is 38.5 Å². The number of benzene rings is 1. The number of anilines is 1. The molecule has 6 heteroatoms. The number of hydrogen-bond acceptors (Lipinski definition) is 5. The van der Waals surface area contributed by atoms with E-state index in [1.807, 2.05) is 17.0 Å². The highest BCUT2D eigenvalue weighted by atomic mass is 16.5. The minimum Gasteiger partial charge on any atom is -0.497 e. The maximum Gasteiger partial charge on any atom is 0.253 e. The quantitative estimate of drug-likeness (QED) is 0.872. The highest BCUT2D eigenvalue weighted by molar-refractivity contribution is 5.81. The van der Waals surface area contributed by atoms with Crippen LogP contribution in [-0.4, -0.2) is 69.9 Å². The Hall–Kier alpha value is -1.79. The Balaban J connectivity index is 1.54. The molecule has 1 amide bonds. The highest BCUT2D eigenvalue weighted by Gasteiger charge is 2.29. The number of hydrogen-bond donors (Lipinski definition) is 1. The first-order valence-electron chi connectivity index (χ1n) is 7.78. The zero-order chi connectivity index (χ0) is 15.4. The second kappa shape index (κ2) is 6.98. The van der Waals surface area contributed by atoms with Crippen LogP contribution in [-0.2, 0) is 9.53 Å². The first-order chi connectivity index (χ1) is 10.8. The van der Waals surface area contributed by atoms with Gasteiger partial charge in [-0.15, -0.1) is 0 Å². The lowest BCUT2D eigenvalue weighted by atomic mass is 10.2. The Morgan fingerprint density at radius 1 is 1.23 bits per heavy atom. The van der Waals surface area contributed by atoms with Crippen molar-refractivity contribution in [2.24, 2.45) is 0 Å². The predicted molar refractivity (Wildman–Crippen MR) is 84.4 cm³/mol. The van der Waals surface area contributed by atoms with Gasteiger partial charge in [-0.25, -0.2) is 0 Å². The summed E-state index contributed by atoms with van der Waals surface area (Å²) in [5.41, 5.74) is 1.17. The normalized spacial score (nSPS) is 22.5. The molecule has 1 N–H and O–H groups in total. The van der Waals surface area contributed by atoms with Crippen LogP contribution >= 0.6 is 0 Å². The Morgan fingerprint density at radius 3 is 2.55 bits per heavy atom. The number of methoxy groups -OCH3 is 1. The van der Waals surface area contributed by atoms with Gasteiger partial charge in [0.05, 0.1) is 13.7 Å². The van der Waals surface area contributed by atoms with Crippen molar-refractivity contribution in [3.05, 3.63) is 24.3 Å². The Labute approximate surface area is 131 Å². The van der Waals surface area contributed by atoms with Crippen molar-refractivity contribution in [3.63, 3.8) is 0 Å². The maximum atomic E-state index is 12.4. The van der Waals surface area contributed by atoms with Crippen molar-refractivity contribution < 1.29 is 14.3 Å². The molecule has 2 saturated heterocycles. The summed E-state index contributed by atoms with van der Waals surface area (Å²) in [6, 6.07) is 8.05. The van der Waals surface area contributed by atoms with Gasteiger partial charge in [0, 0.05) is 45.0 Å². The first-order valence-corrected chi connectivity index (χ1v) is 7.78. The van der Waals surface area contributed by atoms with Crippen molar-refractivity contribution in [2.75, 3.05) is 57.9 Å². The molecule has 1 atom stereocenters. The minimum atomic E-state index is -0.318. The molecule has 6 nitrogen and oxygen atoms in total. The lowest BCUT2D eigenvalue weighted by Gasteiger charge is -2.38. The number of carbonyl (C=O) groups is 1. The molecule has 0 radical (unpaired) electrons. The second-order valence-electron chi connectivity index (χ2n) is 5.57. The molecule has 1 aromatic rings. The summed E-state index contributed by atoms with van der Waals surface area (Å²) in [5, 5.41) is 3.21. The molecule has 1 aromatic carbocycles. The SMILES string of the molecule is COc1ccc(N2CCN(C(=O)C3CNCCO3)CC2)cc1. The van der Waals surface area contributed by atoms with Gasteiger partial charge in [0.15, 0.2) is 0 Å². The van der Waals surface area contributed by atoms with Crippen molar-refractivity contribution in [3.8, 4) is 5.75 Å². The summed E-state index contributed by atoms with van der Waals surface area (Å²) >= 11 is 0. The molecule has 2 fully saturated rings. The summed E-state index contributed by atoms with van der Waals surface area (Å²) in [6.45, 7) is 5.24. The molecular formula is C16H23N3O3. The third kappa shape index (κ3) is 3.34. The molecule has 0 aliphatic carbocycles. The zero-order valence-electron chi connectivity index (χ0n) is 13.0. The lowest BCUT2D eigenvalue weighted by molar-refractivity contribution is -0.145. The number of nitrogens with one attached hydrogen (secondary N) is 1. The minimum absolute atomic E-state index is 0.113. The second-order valence-corrected chi connectivity index (χ2v) is 5.57. The van der Waals surface area contributed by atoms with Gasteiger partial charge in [-0.2, -0.15) is 0 Å². The topological polar surface area (TPSA) is 54.0 Å². The van der Waals surface area contributed by atoms with Crippen LogP contribution < -0.4 is 15.0 Å². The molecule has 120 valence electrons. The number of carbonyl (C=O) groups excluding carboxylic acids is 1. The Bertz CT molecular complexity index is 492. The van der Waals surface area contributed by atoms with E-state index in [4.69, 9.17) is 9.47 Å². The molecule has 2 heterocycles. The smallest absolute Gasteiger partial charge is 0.253 e.